The molecule has 1 heterocycles. The number of halogens is 1. The molecule has 1 aromatic rings. The molecule has 1 fully saturated rings. The molecule has 1 aromatic carbocycles. The molecule has 6 nitrogen and oxygen atoms in total. The van der Waals surface area contributed by atoms with Crippen molar-refractivity contribution >= 4 is 15.7 Å². The first-order valence-corrected chi connectivity index (χ1v) is 7.61. The van der Waals surface area contributed by atoms with Crippen LogP contribution < -0.4 is 10.5 Å². The minimum Gasteiger partial charge on any atom is -0.492 e. The second kappa shape index (κ2) is 5.55. The predicted octanol–water partition coefficient (Wildman–Crippen LogP) is 0.562. The lowest BCUT2D eigenvalue weighted by Crippen LogP contribution is -2.37. The number of anilines is 1. The number of nitrogens with zero attached hydrogens (tertiary/aromatic N) is 1. The molecule has 0 spiro atoms. The molecule has 1 unspecified atom stereocenters. The van der Waals surface area contributed by atoms with E-state index >= 15 is 0 Å². The van der Waals surface area contributed by atoms with Gasteiger partial charge in [0.05, 0.1) is 24.3 Å². The van der Waals surface area contributed by atoms with Crippen molar-refractivity contribution in [3.05, 3.63) is 17.9 Å². The second-order valence-electron chi connectivity index (χ2n) is 4.62. The lowest BCUT2D eigenvalue weighted by molar-refractivity contribution is 0.213. The van der Waals surface area contributed by atoms with E-state index in [0.29, 0.717) is 19.4 Å². The zero-order valence-electron chi connectivity index (χ0n) is 11.0. The third kappa shape index (κ3) is 2.46. The molecular formula is C12H17FN2O4S. The van der Waals surface area contributed by atoms with E-state index < -0.39 is 21.9 Å². The van der Waals surface area contributed by atoms with E-state index in [4.69, 9.17) is 10.5 Å². The van der Waals surface area contributed by atoms with Gasteiger partial charge in [-0.2, -0.15) is 4.31 Å². The molecule has 0 radical (unpaired) electrons. The Hall–Kier alpha value is -1.38. The summed E-state index contributed by atoms with van der Waals surface area (Å²) in [5.74, 6) is -1.00. The van der Waals surface area contributed by atoms with Crippen LogP contribution in [0.2, 0.25) is 0 Å². The van der Waals surface area contributed by atoms with Crippen molar-refractivity contribution in [2.75, 3.05) is 26.0 Å². The van der Waals surface area contributed by atoms with Gasteiger partial charge in [0.25, 0.3) is 0 Å². The maximum absolute atomic E-state index is 13.8. The first-order chi connectivity index (χ1) is 9.41. The maximum atomic E-state index is 13.8. The van der Waals surface area contributed by atoms with Gasteiger partial charge >= 0.3 is 0 Å². The molecule has 0 saturated carbocycles. The van der Waals surface area contributed by atoms with Crippen LogP contribution in [0.25, 0.3) is 0 Å². The Morgan fingerprint density at radius 3 is 2.80 bits per heavy atom. The Bertz CT molecular complexity index is 582. The molecule has 0 aromatic heterocycles. The molecule has 112 valence electrons. The van der Waals surface area contributed by atoms with Gasteiger partial charge in [-0.1, -0.05) is 0 Å². The van der Waals surface area contributed by atoms with Crippen molar-refractivity contribution in [3.63, 3.8) is 0 Å². The van der Waals surface area contributed by atoms with E-state index in [1.54, 1.807) is 0 Å². The molecule has 1 aliphatic rings. The topological polar surface area (TPSA) is 92.9 Å². The molecule has 0 aliphatic carbocycles. The lowest BCUT2D eigenvalue weighted by atomic mass is 10.2. The van der Waals surface area contributed by atoms with Crippen molar-refractivity contribution < 1.29 is 22.7 Å². The highest BCUT2D eigenvalue weighted by Gasteiger charge is 2.35. The molecule has 1 aliphatic heterocycles. The van der Waals surface area contributed by atoms with Crippen molar-refractivity contribution in [1.29, 1.82) is 0 Å². The summed E-state index contributed by atoms with van der Waals surface area (Å²) in [6, 6.07) is 1.59. The van der Waals surface area contributed by atoms with Crippen molar-refractivity contribution in [2.45, 2.75) is 23.8 Å². The number of ether oxygens (including phenoxy) is 1. The molecule has 3 N–H and O–H groups in total. The number of aliphatic hydroxyl groups is 1. The second-order valence-corrected chi connectivity index (χ2v) is 6.51. The standard InChI is InChI=1S/C12H17FN2O4S/c1-19-12-10(13)5-9(6-11(12)14)20(17,18)15-4-2-3-8(15)7-16/h5-6,8,16H,2-4,7,14H2,1H3. The number of hydrogen-bond donors (Lipinski definition) is 2. The molecule has 0 amide bonds. The van der Waals surface area contributed by atoms with Crippen LogP contribution in [0.1, 0.15) is 12.8 Å². The Kier molecular flexibility index (Phi) is 4.17. The van der Waals surface area contributed by atoms with Gasteiger partial charge in [0.2, 0.25) is 10.0 Å². The van der Waals surface area contributed by atoms with Gasteiger partial charge in [0.1, 0.15) is 0 Å². The maximum Gasteiger partial charge on any atom is 0.243 e. The van der Waals surface area contributed by atoms with Crippen LogP contribution in [0.5, 0.6) is 5.75 Å². The van der Waals surface area contributed by atoms with Gasteiger partial charge < -0.3 is 15.6 Å². The van der Waals surface area contributed by atoms with E-state index in [9.17, 15) is 17.9 Å². The summed E-state index contributed by atoms with van der Waals surface area (Å²) in [5.41, 5.74) is 5.52. The van der Waals surface area contributed by atoms with Crippen LogP contribution in [0.4, 0.5) is 10.1 Å². The highest BCUT2D eigenvalue weighted by atomic mass is 32.2. The van der Waals surface area contributed by atoms with E-state index in [2.05, 4.69) is 0 Å². The molecule has 2 rings (SSSR count). The Morgan fingerprint density at radius 1 is 1.55 bits per heavy atom. The van der Waals surface area contributed by atoms with Crippen LogP contribution in [-0.2, 0) is 10.0 Å². The molecule has 0 bridgehead atoms. The van der Waals surface area contributed by atoms with E-state index in [1.165, 1.54) is 17.5 Å². The third-order valence-corrected chi connectivity index (χ3v) is 5.32. The minimum atomic E-state index is -3.87. The summed E-state index contributed by atoms with van der Waals surface area (Å²) in [6.45, 7) is 0.0501. The molecule has 8 heteroatoms. The SMILES string of the molecule is COc1c(N)cc(S(=O)(=O)N2CCCC2CO)cc1F. The van der Waals surface area contributed by atoms with Crippen LogP contribution in [0.15, 0.2) is 17.0 Å². The summed E-state index contributed by atoms with van der Waals surface area (Å²) in [6.07, 6.45) is 1.25. The van der Waals surface area contributed by atoms with Gasteiger partial charge in [0, 0.05) is 12.6 Å². The summed E-state index contributed by atoms with van der Waals surface area (Å²) >= 11 is 0. The van der Waals surface area contributed by atoms with Crippen molar-refractivity contribution in [1.82, 2.24) is 4.31 Å². The summed E-state index contributed by atoms with van der Waals surface area (Å²) < 4.78 is 44.6. The average molecular weight is 304 g/mol. The average Bonchev–Trinajstić information content (AvgIpc) is 2.87. The van der Waals surface area contributed by atoms with Gasteiger partial charge in [0.15, 0.2) is 11.6 Å². The minimum absolute atomic E-state index is 0.0779. The van der Waals surface area contributed by atoms with Crippen LogP contribution in [0, 0.1) is 5.82 Å². The molecule has 1 atom stereocenters. The predicted molar refractivity (Wildman–Crippen MR) is 71.4 cm³/mol. The number of sulfonamides is 1. The fraction of sp³-hybridized carbons (Fsp3) is 0.500. The smallest absolute Gasteiger partial charge is 0.243 e. The first kappa shape index (κ1) is 15.0. The van der Waals surface area contributed by atoms with E-state index in [0.717, 1.165) is 6.07 Å². The third-order valence-electron chi connectivity index (χ3n) is 3.39. The van der Waals surface area contributed by atoms with Gasteiger partial charge in [-0.3, -0.25) is 0 Å². The molecule has 1 saturated heterocycles. The monoisotopic (exact) mass is 304 g/mol. The number of methoxy groups -OCH3 is 1. The summed E-state index contributed by atoms with van der Waals surface area (Å²) in [4.78, 5) is -0.228. The number of aliphatic hydroxyl groups excluding tert-OH is 1. The van der Waals surface area contributed by atoms with Crippen LogP contribution in [0.3, 0.4) is 0 Å². The van der Waals surface area contributed by atoms with E-state index in [-0.39, 0.29) is 22.9 Å². The Morgan fingerprint density at radius 2 is 2.25 bits per heavy atom. The van der Waals surface area contributed by atoms with Gasteiger partial charge in [-0.25, -0.2) is 12.8 Å². The van der Waals surface area contributed by atoms with Crippen LogP contribution >= 0.6 is 0 Å². The normalized spacial score (nSPS) is 20.2. The Balaban J connectivity index is 2.45. The fourth-order valence-electron chi connectivity index (χ4n) is 2.40. The Labute approximate surface area is 117 Å². The zero-order valence-corrected chi connectivity index (χ0v) is 11.9. The number of hydrogen-bond acceptors (Lipinski definition) is 5. The number of nitrogen functional groups attached to an aromatic ring is 1. The summed E-state index contributed by atoms with van der Waals surface area (Å²) in [7, 11) is -2.62. The number of nitrogens with two attached hydrogens (primary N) is 1. The van der Waals surface area contributed by atoms with Gasteiger partial charge in [-0.15, -0.1) is 0 Å². The fourth-order valence-corrected chi connectivity index (χ4v) is 4.13. The largest absolute Gasteiger partial charge is 0.492 e. The highest BCUT2D eigenvalue weighted by Crippen LogP contribution is 2.32. The first-order valence-electron chi connectivity index (χ1n) is 6.17. The highest BCUT2D eigenvalue weighted by molar-refractivity contribution is 7.89. The van der Waals surface area contributed by atoms with Crippen LogP contribution in [-0.4, -0.2) is 44.1 Å². The van der Waals surface area contributed by atoms with Gasteiger partial charge in [-0.05, 0) is 25.0 Å². The number of benzene rings is 1. The van der Waals surface area contributed by atoms with E-state index in [1.807, 2.05) is 0 Å². The molecular weight excluding hydrogens is 287 g/mol. The summed E-state index contributed by atoms with van der Waals surface area (Å²) in [5, 5.41) is 9.21. The van der Waals surface area contributed by atoms with Crippen molar-refractivity contribution in [2.24, 2.45) is 0 Å². The molecule has 20 heavy (non-hydrogen) atoms. The quantitative estimate of drug-likeness (QED) is 0.793. The zero-order chi connectivity index (χ0) is 14.9. The van der Waals surface area contributed by atoms with Crippen molar-refractivity contribution in [3.8, 4) is 5.75 Å². The number of rotatable bonds is 4. The lowest BCUT2D eigenvalue weighted by Gasteiger charge is -2.22.